The Hall–Kier alpha value is -2.97. The molecule has 1 amide bonds. The zero-order valence-corrected chi connectivity index (χ0v) is 17.9. The lowest BCUT2D eigenvalue weighted by atomic mass is 10.1. The summed E-state index contributed by atoms with van der Waals surface area (Å²) in [5.41, 5.74) is 1.75. The Balaban J connectivity index is 1.77. The molecule has 0 bridgehead atoms. The molecular formula is C22H25N3O4S. The van der Waals surface area contributed by atoms with E-state index in [-0.39, 0.29) is 11.5 Å². The van der Waals surface area contributed by atoms with Crippen LogP contribution in [0.3, 0.4) is 0 Å². The largest absolute Gasteiger partial charge is 0.494 e. The number of fused-ring (bicyclic) bond motifs is 1. The van der Waals surface area contributed by atoms with E-state index in [0.717, 1.165) is 11.3 Å². The van der Waals surface area contributed by atoms with E-state index in [9.17, 15) is 9.59 Å². The number of H-pyrrole nitrogens is 1. The summed E-state index contributed by atoms with van der Waals surface area (Å²) in [5.74, 6) is 0.534. The molecule has 0 atom stereocenters. The van der Waals surface area contributed by atoms with Crippen LogP contribution in [0.25, 0.3) is 10.9 Å². The molecule has 0 aliphatic heterocycles. The summed E-state index contributed by atoms with van der Waals surface area (Å²) in [4.78, 5) is 28.4. The van der Waals surface area contributed by atoms with Crippen molar-refractivity contribution in [2.24, 2.45) is 0 Å². The van der Waals surface area contributed by atoms with Gasteiger partial charge in [0.2, 0.25) is 0 Å². The molecule has 0 aliphatic rings. The number of amides is 1. The molecule has 0 spiro atoms. The van der Waals surface area contributed by atoms with Gasteiger partial charge in [-0.25, -0.2) is 0 Å². The summed E-state index contributed by atoms with van der Waals surface area (Å²) in [6.45, 7) is 3.90. The van der Waals surface area contributed by atoms with Gasteiger partial charge >= 0.3 is 0 Å². The zero-order chi connectivity index (χ0) is 21.5. The molecule has 3 aromatic rings. The van der Waals surface area contributed by atoms with Crippen molar-refractivity contribution in [3.8, 4) is 5.75 Å². The van der Waals surface area contributed by atoms with Gasteiger partial charge in [-0.3, -0.25) is 14.2 Å². The first kappa shape index (κ1) is 21.7. The van der Waals surface area contributed by atoms with Gasteiger partial charge in [-0.1, -0.05) is 12.1 Å². The molecule has 2 aromatic carbocycles. The normalized spacial score (nSPS) is 10.9. The van der Waals surface area contributed by atoms with Crippen molar-refractivity contribution in [3.63, 3.8) is 0 Å². The summed E-state index contributed by atoms with van der Waals surface area (Å²) >= 11 is 5.33. The van der Waals surface area contributed by atoms with Crippen molar-refractivity contribution < 1.29 is 14.3 Å². The molecule has 0 saturated heterocycles. The van der Waals surface area contributed by atoms with Gasteiger partial charge in [0.15, 0.2) is 4.77 Å². The van der Waals surface area contributed by atoms with Crippen molar-refractivity contribution in [1.82, 2.24) is 14.9 Å². The fourth-order valence-electron chi connectivity index (χ4n) is 3.16. The van der Waals surface area contributed by atoms with E-state index in [1.807, 2.05) is 31.2 Å². The number of hydrogen-bond donors (Lipinski definition) is 2. The zero-order valence-electron chi connectivity index (χ0n) is 17.1. The first-order valence-corrected chi connectivity index (χ1v) is 10.2. The Labute approximate surface area is 179 Å². The molecule has 2 N–H and O–H groups in total. The maximum atomic E-state index is 12.7. The Kier molecular flexibility index (Phi) is 7.37. The van der Waals surface area contributed by atoms with Crippen LogP contribution in [0.1, 0.15) is 29.3 Å². The Morgan fingerprint density at radius 2 is 2.07 bits per heavy atom. The second kappa shape index (κ2) is 10.2. The molecule has 0 radical (unpaired) electrons. The number of nitrogens with zero attached hydrogens (tertiary/aromatic N) is 1. The van der Waals surface area contributed by atoms with Crippen LogP contribution in [0, 0.1) is 4.77 Å². The predicted octanol–water partition coefficient (Wildman–Crippen LogP) is 3.42. The molecule has 8 heteroatoms. The summed E-state index contributed by atoms with van der Waals surface area (Å²) in [6, 6.07) is 12.5. The van der Waals surface area contributed by atoms with Crippen LogP contribution in [0.4, 0.5) is 0 Å². The third-order valence-corrected chi connectivity index (χ3v) is 4.96. The number of benzene rings is 2. The maximum Gasteiger partial charge on any atom is 0.262 e. The highest BCUT2D eigenvalue weighted by molar-refractivity contribution is 7.71. The van der Waals surface area contributed by atoms with Crippen LogP contribution in [-0.4, -0.2) is 35.8 Å². The van der Waals surface area contributed by atoms with Crippen LogP contribution >= 0.6 is 12.2 Å². The highest BCUT2D eigenvalue weighted by Crippen LogP contribution is 2.14. The average Bonchev–Trinajstić information content (AvgIpc) is 2.74. The monoisotopic (exact) mass is 427 g/mol. The van der Waals surface area contributed by atoms with Gasteiger partial charge in [0.25, 0.3) is 11.5 Å². The Morgan fingerprint density at radius 1 is 1.23 bits per heavy atom. The van der Waals surface area contributed by atoms with Crippen LogP contribution in [0.5, 0.6) is 5.75 Å². The van der Waals surface area contributed by atoms with Crippen molar-refractivity contribution in [2.75, 3.05) is 20.3 Å². The number of hydrogen-bond acceptors (Lipinski definition) is 5. The van der Waals surface area contributed by atoms with Gasteiger partial charge in [-0.2, -0.15) is 0 Å². The summed E-state index contributed by atoms with van der Waals surface area (Å²) in [5, 5.41) is 3.38. The fourth-order valence-corrected chi connectivity index (χ4v) is 3.45. The molecule has 0 fully saturated rings. The fraction of sp³-hybridized carbons (Fsp3) is 0.318. The van der Waals surface area contributed by atoms with Crippen molar-refractivity contribution in [2.45, 2.75) is 26.4 Å². The van der Waals surface area contributed by atoms with E-state index in [2.05, 4.69) is 10.3 Å². The van der Waals surface area contributed by atoms with E-state index in [4.69, 9.17) is 21.7 Å². The molecular weight excluding hydrogens is 402 g/mol. The number of carbonyl (C=O) groups is 1. The van der Waals surface area contributed by atoms with Crippen molar-refractivity contribution in [1.29, 1.82) is 0 Å². The number of aromatic amines is 1. The predicted molar refractivity (Wildman–Crippen MR) is 119 cm³/mol. The standard InChI is InChI=1S/C22H25N3O4S/c1-3-29-17-7-4-6-15(12-17)14-23-20(26)16-8-9-18-19(13-16)24-22(30)25(21(18)27)10-5-11-28-2/h4,6-9,12-13H,3,5,10-11,14H2,1-2H3,(H,23,26)(H,24,30). The highest BCUT2D eigenvalue weighted by atomic mass is 32.1. The lowest BCUT2D eigenvalue weighted by Gasteiger charge is -2.10. The van der Waals surface area contributed by atoms with E-state index < -0.39 is 0 Å². The van der Waals surface area contributed by atoms with Gasteiger partial charge < -0.3 is 19.8 Å². The topological polar surface area (TPSA) is 85.3 Å². The van der Waals surface area contributed by atoms with Crippen LogP contribution in [-0.2, 0) is 17.8 Å². The number of carbonyl (C=O) groups excluding carboxylic acids is 1. The number of methoxy groups -OCH3 is 1. The molecule has 1 heterocycles. The van der Waals surface area contributed by atoms with E-state index in [1.54, 1.807) is 25.3 Å². The van der Waals surface area contributed by atoms with Crippen LogP contribution in [0.15, 0.2) is 47.3 Å². The molecule has 158 valence electrons. The van der Waals surface area contributed by atoms with E-state index in [0.29, 0.717) is 54.0 Å². The van der Waals surface area contributed by atoms with E-state index in [1.165, 1.54) is 4.57 Å². The van der Waals surface area contributed by atoms with Crippen LogP contribution < -0.4 is 15.6 Å². The molecule has 30 heavy (non-hydrogen) atoms. The minimum absolute atomic E-state index is 0.176. The first-order valence-electron chi connectivity index (χ1n) is 9.79. The van der Waals surface area contributed by atoms with Gasteiger partial charge in [0.1, 0.15) is 5.75 Å². The van der Waals surface area contributed by atoms with Crippen molar-refractivity contribution >= 4 is 29.0 Å². The molecule has 0 unspecified atom stereocenters. The van der Waals surface area contributed by atoms with Crippen molar-refractivity contribution in [3.05, 3.63) is 68.7 Å². The number of rotatable bonds is 9. The first-order chi connectivity index (χ1) is 14.5. The third-order valence-electron chi connectivity index (χ3n) is 4.64. The lowest BCUT2D eigenvalue weighted by molar-refractivity contribution is 0.0951. The second-order valence-corrected chi connectivity index (χ2v) is 7.14. The smallest absolute Gasteiger partial charge is 0.262 e. The van der Waals surface area contributed by atoms with Gasteiger partial charge in [-0.15, -0.1) is 0 Å². The van der Waals surface area contributed by atoms with Gasteiger partial charge in [0, 0.05) is 32.4 Å². The molecule has 0 saturated carbocycles. The number of aromatic nitrogens is 2. The number of nitrogens with one attached hydrogen (secondary N) is 2. The average molecular weight is 428 g/mol. The highest BCUT2D eigenvalue weighted by Gasteiger charge is 2.11. The Bertz CT molecular complexity index is 1150. The molecule has 0 aliphatic carbocycles. The minimum Gasteiger partial charge on any atom is -0.494 e. The lowest BCUT2D eigenvalue weighted by Crippen LogP contribution is -2.24. The molecule has 3 rings (SSSR count). The molecule has 7 nitrogen and oxygen atoms in total. The van der Waals surface area contributed by atoms with Gasteiger partial charge in [-0.05, 0) is 61.5 Å². The van der Waals surface area contributed by atoms with Crippen LogP contribution in [0.2, 0.25) is 0 Å². The second-order valence-electron chi connectivity index (χ2n) is 6.76. The van der Waals surface area contributed by atoms with E-state index >= 15 is 0 Å². The quantitative estimate of drug-likeness (QED) is 0.404. The number of ether oxygens (including phenoxy) is 2. The third kappa shape index (κ3) is 5.14. The maximum absolute atomic E-state index is 12.7. The minimum atomic E-state index is -0.234. The summed E-state index contributed by atoms with van der Waals surface area (Å²) in [7, 11) is 1.62. The SMILES string of the molecule is CCOc1cccc(CNC(=O)c2ccc3c(=O)n(CCCOC)c(=S)[nH]c3c2)c1. The Morgan fingerprint density at radius 3 is 2.83 bits per heavy atom. The summed E-state index contributed by atoms with van der Waals surface area (Å²) in [6.07, 6.45) is 0.685. The summed E-state index contributed by atoms with van der Waals surface area (Å²) < 4.78 is 12.4. The molecule has 1 aromatic heterocycles. The van der Waals surface area contributed by atoms with Gasteiger partial charge in [0.05, 0.1) is 17.5 Å².